The molecule has 0 spiro atoms. The van der Waals surface area contributed by atoms with Gasteiger partial charge in [-0.15, -0.1) is 0 Å². The number of benzene rings is 1. The summed E-state index contributed by atoms with van der Waals surface area (Å²) in [6.07, 6.45) is 0.943. The number of para-hydroxylation sites is 1. The molecule has 0 aliphatic carbocycles. The summed E-state index contributed by atoms with van der Waals surface area (Å²) in [5.41, 5.74) is 0.963. The molecule has 2 N–H and O–H groups in total. The van der Waals surface area contributed by atoms with Crippen LogP contribution < -0.4 is 5.32 Å². The van der Waals surface area contributed by atoms with Gasteiger partial charge < -0.3 is 10.4 Å². The topological polar surface area (TPSA) is 32.3 Å². The average Bonchev–Trinajstić information content (AvgIpc) is 2.28. The predicted molar refractivity (Wildman–Crippen MR) is 75.8 cm³/mol. The summed E-state index contributed by atoms with van der Waals surface area (Å²) in [4.78, 5) is 0. The summed E-state index contributed by atoms with van der Waals surface area (Å²) in [5, 5.41) is 12.7. The molecule has 2 nitrogen and oxygen atoms in total. The van der Waals surface area contributed by atoms with Gasteiger partial charge in [-0.2, -0.15) is 0 Å². The minimum atomic E-state index is -0.0747. The lowest BCUT2D eigenvalue weighted by Gasteiger charge is -2.27. The van der Waals surface area contributed by atoms with Gasteiger partial charge in [0.25, 0.3) is 0 Å². The van der Waals surface area contributed by atoms with Crippen LogP contribution in [0.15, 0.2) is 27.1 Å². The Morgan fingerprint density at radius 2 is 1.88 bits per heavy atom. The predicted octanol–water partition coefficient (Wildman–Crippen LogP) is 4.03. The molecule has 1 rings (SSSR count). The maximum absolute atomic E-state index is 9.34. The van der Waals surface area contributed by atoms with E-state index in [1.54, 1.807) is 0 Å². The lowest BCUT2D eigenvalue weighted by molar-refractivity contribution is 0.149. The molecule has 0 fully saturated rings. The van der Waals surface area contributed by atoms with E-state index in [9.17, 15) is 5.11 Å². The van der Waals surface area contributed by atoms with E-state index in [4.69, 9.17) is 0 Å². The molecule has 16 heavy (non-hydrogen) atoms. The third kappa shape index (κ3) is 3.47. The van der Waals surface area contributed by atoms with Gasteiger partial charge in [0.2, 0.25) is 0 Å². The van der Waals surface area contributed by atoms with Crippen molar-refractivity contribution in [1.82, 2.24) is 0 Å². The Balaban J connectivity index is 2.75. The highest BCUT2D eigenvalue weighted by Gasteiger charge is 2.21. The molecule has 0 aromatic heterocycles. The molecular formula is C12H17Br2NO. The zero-order valence-corrected chi connectivity index (χ0v) is 12.7. The highest BCUT2D eigenvalue weighted by molar-refractivity contribution is 9.11. The van der Waals surface area contributed by atoms with Gasteiger partial charge in [0.05, 0.1) is 12.3 Å². The van der Waals surface area contributed by atoms with Crippen molar-refractivity contribution < 1.29 is 5.11 Å². The Morgan fingerprint density at radius 1 is 1.31 bits per heavy atom. The van der Waals surface area contributed by atoms with Crippen LogP contribution in [0.1, 0.15) is 20.3 Å². The Kier molecular flexibility index (Phi) is 5.28. The van der Waals surface area contributed by atoms with Gasteiger partial charge in [-0.3, -0.25) is 0 Å². The molecule has 90 valence electrons. The molecule has 0 saturated heterocycles. The van der Waals surface area contributed by atoms with E-state index >= 15 is 0 Å². The van der Waals surface area contributed by atoms with Crippen LogP contribution >= 0.6 is 31.9 Å². The van der Waals surface area contributed by atoms with Crippen molar-refractivity contribution in [2.75, 3.05) is 18.5 Å². The number of aliphatic hydroxyl groups is 1. The lowest BCUT2D eigenvalue weighted by atomic mass is 9.88. The van der Waals surface area contributed by atoms with Crippen LogP contribution in [0.3, 0.4) is 0 Å². The van der Waals surface area contributed by atoms with Gasteiger partial charge >= 0.3 is 0 Å². The molecule has 0 amide bonds. The Bertz CT molecular complexity index is 331. The smallest absolute Gasteiger partial charge is 0.0629 e. The zero-order chi connectivity index (χ0) is 12.2. The summed E-state index contributed by atoms with van der Waals surface area (Å²) in [5.74, 6) is 0. The van der Waals surface area contributed by atoms with Crippen LogP contribution in [0.2, 0.25) is 0 Å². The Labute approximate surface area is 114 Å². The molecule has 0 aliphatic rings. The second-order valence-electron chi connectivity index (χ2n) is 4.27. The number of nitrogens with one attached hydrogen (secondary N) is 1. The normalized spacial score (nSPS) is 14.6. The minimum Gasteiger partial charge on any atom is -0.396 e. The SMILES string of the molecule is CCC(C)(CO)CNc1c(Br)cccc1Br. The van der Waals surface area contributed by atoms with Crippen LogP contribution in [0, 0.1) is 5.41 Å². The molecule has 4 heteroatoms. The third-order valence-electron chi connectivity index (χ3n) is 2.89. The van der Waals surface area contributed by atoms with E-state index in [2.05, 4.69) is 51.0 Å². The van der Waals surface area contributed by atoms with Crippen LogP contribution in [0.4, 0.5) is 5.69 Å². The van der Waals surface area contributed by atoms with E-state index < -0.39 is 0 Å². The molecule has 0 saturated carbocycles. The van der Waals surface area contributed by atoms with Gasteiger partial charge in [0.1, 0.15) is 0 Å². The van der Waals surface area contributed by atoms with E-state index in [0.29, 0.717) is 0 Å². The number of halogens is 2. The molecule has 0 heterocycles. The Morgan fingerprint density at radius 3 is 2.31 bits per heavy atom. The number of hydrogen-bond acceptors (Lipinski definition) is 2. The van der Waals surface area contributed by atoms with E-state index in [1.165, 1.54) is 0 Å². The second-order valence-corrected chi connectivity index (χ2v) is 5.98. The maximum atomic E-state index is 9.34. The number of anilines is 1. The minimum absolute atomic E-state index is 0.0747. The first-order valence-electron chi connectivity index (χ1n) is 5.31. The fraction of sp³-hybridized carbons (Fsp3) is 0.500. The van der Waals surface area contributed by atoms with E-state index in [-0.39, 0.29) is 12.0 Å². The molecule has 0 bridgehead atoms. The van der Waals surface area contributed by atoms with Crippen LogP contribution in [-0.2, 0) is 0 Å². The quantitative estimate of drug-likeness (QED) is 0.840. The highest BCUT2D eigenvalue weighted by atomic mass is 79.9. The van der Waals surface area contributed by atoms with E-state index in [1.807, 2.05) is 18.2 Å². The van der Waals surface area contributed by atoms with Crippen molar-refractivity contribution in [3.8, 4) is 0 Å². The summed E-state index contributed by atoms with van der Waals surface area (Å²) < 4.78 is 2.05. The Hall–Kier alpha value is -0.0600. The van der Waals surface area contributed by atoms with Gasteiger partial charge in [0.15, 0.2) is 0 Å². The van der Waals surface area contributed by atoms with Crippen molar-refractivity contribution in [1.29, 1.82) is 0 Å². The van der Waals surface area contributed by atoms with Gasteiger partial charge in [-0.1, -0.05) is 19.9 Å². The van der Waals surface area contributed by atoms with Crippen molar-refractivity contribution in [3.63, 3.8) is 0 Å². The van der Waals surface area contributed by atoms with Crippen LogP contribution in [0.5, 0.6) is 0 Å². The maximum Gasteiger partial charge on any atom is 0.0629 e. The van der Waals surface area contributed by atoms with Crippen molar-refractivity contribution in [3.05, 3.63) is 27.1 Å². The largest absolute Gasteiger partial charge is 0.396 e. The monoisotopic (exact) mass is 349 g/mol. The summed E-state index contributed by atoms with van der Waals surface area (Å²) in [6, 6.07) is 5.97. The molecule has 1 aromatic rings. The number of rotatable bonds is 5. The fourth-order valence-corrected chi connectivity index (χ4v) is 2.54. The van der Waals surface area contributed by atoms with Gasteiger partial charge in [0, 0.05) is 20.9 Å². The van der Waals surface area contributed by atoms with Crippen molar-refractivity contribution in [2.24, 2.45) is 5.41 Å². The average molecular weight is 351 g/mol. The number of aliphatic hydroxyl groups excluding tert-OH is 1. The molecular weight excluding hydrogens is 334 g/mol. The lowest BCUT2D eigenvalue weighted by Crippen LogP contribution is -2.29. The molecule has 1 unspecified atom stereocenters. The summed E-state index contributed by atoms with van der Waals surface area (Å²) >= 11 is 7.01. The highest BCUT2D eigenvalue weighted by Crippen LogP contribution is 2.32. The first-order chi connectivity index (χ1) is 7.52. The molecule has 1 atom stereocenters. The van der Waals surface area contributed by atoms with Crippen LogP contribution in [-0.4, -0.2) is 18.3 Å². The second kappa shape index (κ2) is 6.03. The van der Waals surface area contributed by atoms with Gasteiger partial charge in [-0.05, 0) is 50.4 Å². The molecule has 0 radical (unpaired) electrons. The van der Waals surface area contributed by atoms with Gasteiger partial charge in [-0.25, -0.2) is 0 Å². The first kappa shape index (κ1) is 14.0. The third-order valence-corrected chi connectivity index (χ3v) is 4.21. The molecule has 0 aliphatic heterocycles. The summed E-state index contributed by atoms with van der Waals surface area (Å²) in [6.45, 7) is 5.11. The fourth-order valence-electron chi connectivity index (χ4n) is 1.26. The van der Waals surface area contributed by atoms with E-state index in [0.717, 1.165) is 27.6 Å². The zero-order valence-electron chi connectivity index (χ0n) is 9.56. The standard InChI is InChI=1S/C12H17Br2NO/c1-3-12(2,8-16)7-15-11-9(13)5-4-6-10(11)14/h4-6,15-16H,3,7-8H2,1-2H3. The van der Waals surface area contributed by atoms with Crippen molar-refractivity contribution in [2.45, 2.75) is 20.3 Å². The van der Waals surface area contributed by atoms with Crippen molar-refractivity contribution >= 4 is 37.5 Å². The summed E-state index contributed by atoms with van der Waals surface area (Å²) in [7, 11) is 0. The molecule has 1 aromatic carbocycles. The first-order valence-corrected chi connectivity index (χ1v) is 6.90. The number of hydrogen-bond donors (Lipinski definition) is 2. The van der Waals surface area contributed by atoms with Crippen LogP contribution in [0.25, 0.3) is 0 Å².